The molecular weight excluding hydrogens is 176 g/mol. The zero-order valence-electron chi connectivity index (χ0n) is 9.00. The van der Waals surface area contributed by atoms with Crippen molar-refractivity contribution in [3.63, 3.8) is 0 Å². The second-order valence-electron chi connectivity index (χ2n) is 4.22. The van der Waals surface area contributed by atoms with Crippen LogP contribution in [0.15, 0.2) is 0 Å². The average molecular weight is 192 g/mol. The minimum Gasteiger partial charge on any atom is -0.294 e. The molecule has 0 saturated heterocycles. The van der Waals surface area contributed by atoms with Gasteiger partial charge in [0.05, 0.1) is 11.3 Å². The molecule has 2 rings (SSSR count). The van der Waals surface area contributed by atoms with Gasteiger partial charge in [0, 0.05) is 18.2 Å². The number of rotatable bonds is 1. The highest BCUT2D eigenvalue weighted by atomic mass is 16.1. The minimum absolute atomic E-state index is 0.274. The van der Waals surface area contributed by atoms with Crippen LogP contribution in [0.25, 0.3) is 0 Å². The Morgan fingerprint density at radius 3 is 2.71 bits per heavy atom. The van der Waals surface area contributed by atoms with Crippen molar-refractivity contribution in [1.29, 1.82) is 0 Å². The van der Waals surface area contributed by atoms with Crippen LogP contribution >= 0.6 is 0 Å². The number of aromatic nitrogens is 2. The molecule has 0 bridgehead atoms. The maximum atomic E-state index is 11.7. The van der Waals surface area contributed by atoms with Gasteiger partial charge >= 0.3 is 0 Å². The van der Waals surface area contributed by atoms with Gasteiger partial charge in [0.2, 0.25) is 0 Å². The Morgan fingerprint density at radius 1 is 1.36 bits per heavy atom. The lowest BCUT2D eigenvalue weighted by molar-refractivity contribution is 0.0971. The van der Waals surface area contributed by atoms with Gasteiger partial charge in [0.1, 0.15) is 0 Å². The van der Waals surface area contributed by atoms with Crippen LogP contribution < -0.4 is 0 Å². The minimum atomic E-state index is 0.274. The Kier molecular flexibility index (Phi) is 2.17. The summed E-state index contributed by atoms with van der Waals surface area (Å²) in [6.07, 6.45) is 2.67. The van der Waals surface area contributed by atoms with Crippen molar-refractivity contribution < 1.29 is 4.79 Å². The number of aryl methyl sites for hydroxylation is 1. The molecule has 1 heterocycles. The molecule has 0 aliphatic heterocycles. The van der Waals surface area contributed by atoms with Crippen LogP contribution in [0, 0.1) is 6.92 Å². The molecule has 0 unspecified atom stereocenters. The summed E-state index contributed by atoms with van der Waals surface area (Å²) in [4.78, 5) is 11.7. The molecule has 0 fully saturated rings. The summed E-state index contributed by atoms with van der Waals surface area (Å²) in [6, 6.07) is 0.350. The van der Waals surface area contributed by atoms with Gasteiger partial charge in [0.15, 0.2) is 5.78 Å². The van der Waals surface area contributed by atoms with Crippen molar-refractivity contribution in [2.75, 3.05) is 0 Å². The summed E-state index contributed by atoms with van der Waals surface area (Å²) in [7, 11) is 0. The number of carbonyl (C=O) groups excluding carboxylic acids is 1. The van der Waals surface area contributed by atoms with E-state index in [2.05, 4.69) is 18.9 Å². The summed E-state index contributed by atoms with van der Waals surface area (Å²) in [5.41, 5.74) is 2.94. The molecule has 1 aromatic heterocycles. The highest BCUT2D eigenvalue weighted by Crippen LogP contribution is 2.25. The summed E-state index contributed by atoms with van der Waals surface area (Å²) in [5.74, 6) is 0.274. The van der Waals surface area contributed by atoms with Crippen molar-refractivity contribution in [2.24, 2.45) is 0 Å². The van der Waals surface area contributed by atoms with Crippen LogP contribution in [0.4, 0.5) is 0 Å². The number of hydrogen-bond acceptors (Lipinski definition) is 2. The van der Waals surface area contributed by atoms with Crippen LogP contribution in [0.3, 0.4) is 0 Å². The first-order valence-corrected chi connectivity index (χ1v) is 5.22. The maximum Gasteiger partial charge on any atom is 0.166 e. The van der Waals surface area contributed by atoms with Crippen molar-refractivity contribution in [2.45, 2.75) is 46.1 Å². The van der Waals surface area contributed by atoms with Gasteiger partial charge in [-0.3, -0.25) is 9.48 Å². The third-order valence-electron chi connectivity index (χ3n) is 2.77. The zero-order valence-corrected chi connectivity index (χ0v) is 9.00. The normalized spacial score (nSPS) is 16.1. The lowest BCUT2D eigenvalue weighted by atomic mass is 9.94. The van der Waals surface area contributed by atoms with E-state index < -0.39 is 0 Å². The molecule has 3 heteroatoms. The summed E-state index contributed by atoms with van der Waals surface area (Å²) >= 11 is 0. The average Bonchev–Trinajstić information content (AvgIpc) is 2.45. The Labute approximate surface area is 84.1 Å². The predicted molar refractivity (Wildman–Crippen MR) is 54.6 cm³/mol. The second kappa shape index (κ2) is 3.23. The smallest absolute Gasteiger partial charge is 0.166 e. The van der Waals surface area contributed by atoms with E-state index in [9.17, 15) is 4.79 Å². The third kappa shape index (κ3) is 1.27. The quantitative estimate of drug-likeness (QED) is 0.684. The van der Waals surface area contributed by atoms with Crippen LogP contribution in [0.1, 0.15) is 54.5 Å². The molecule has 0 amide bonds. The topological polar surface area (TPSA) is 34.9 Å². The van der Waals surface area contributed by atoms with Crippen LogP contribution in [-0.4, -0.2) is 15.6 Å². The summed E-state index contributed by atoms with van der Waals surface area (Å²) in [6.45, 7) is 6.14. The molecule has 0 spiro atoms. The molecule has 0 atom stereocenters. The highest BCUT2D eigenvalue weighted by Gasteiger charge is 2.25. The molecule has 76 valence electrons. The standard InChI is InChI=1S/C11H16N2O/c1-7(2)13-9-5-4-6-10(14)11(9)8(3)12-13/h7H,4-6H2,1-3H3. The lowest BCUT2D eigenvalue weighted by Crippen LogP contribution is -2.15. The van der Waals surface area contributed by atoms with Gasteiger partial charge in [-0.25, -0.2) is 0 Å². The van der Waals surface area contributed by atoms with Gasteiger partial charge in [-0.2, -0.15) is 5.10 Å². The highest BCUT2D eigenvalue weighted by molar-refractivity contribution is 5.99. The van der Waals surface area contributed by atoms with Crippen molar-refractivity contribution in [3.8, 4) is 0 Å². The van der Waals surface area contributed by atoms with Gasteiger partial charge < -0.3 is 0 Å². The fourth-order valence-electron chi connectivity index (χ4n) is 2.17. The lowest BCUT2D eigenvalue weighted by Gasteiger charge is -2.15. The Hall–Kier alpha value is -1.12. The molecule has 0 saturated carbocycles. The van der Waals surface area contributed by atoms with Crippen molar-refractivity contribution in [3.05, 3.63) is 17.0 Å². The fraction of sp³-hybridized carbons (Fsp3) is 0.636. The van der Waals surface area contributed by atoms with E-state index >= 15 is 0 Å². The van der Waals surface area contributed by atoms with Crippen LogP contribution in [0.5, 0.6) is 0 Å². The molecule has 0 radical (unpaired) electrons. The Morgan fingerprint density at radius 2 is 2.07 bits per heavy atom. The van der Waals surface area contributed by atoms with E-state index in [-0.39, 0.29) is 5.78 Å². The second-order valence-corrected chi connectivity index (χ2v) is 4.22. The third-order valence-corrected chi connectivity index (χ3v) is 2.77. The first kappa shape index (κ1) is 9.44. The summed E-state index contributed by atoms with van der Waals surface area (Å²) < 4.78 is 2.00. The van der Waals surface area contributed by atoms with Crippen LogP contribution in [0.2, 0.25) is 0 Å². The van der Waals surface area contributed by atoms with Gasteiger partial charge in [-0.15, -0.1) is 0 Å². The zero-order chi connectivity index (χ0) is 10.3. The van der Waals surface area contributed by atoms with Gasteiger partial charge in [-0.1, -0.05) is 0 Å². The van der Waals surface area contributed by atoms with Gasteiger partial charge in [-0.05, 0) is 33.6 Å². The number of Topliss-reactive ketones (excluding diaryl/α,β-unsaturated/α-hetero) is 1. The Balaban J connectivity index is 2.57. The molecule has 1 aliphatic rings. The van der Waals surface area contributed by atoms with E-state index in [1.54, 1.807) is 0 Å². The number of ketones is 1. The van der Waals surface area contributed by atoms with E-state index in [4.69, 9.17) is 0 Å². The monoisotopic (exact) mass is 192 g/mol. The number of hydrogen-bond donors (Lipinski definition) is 0. The molecule has 1 aliphatic carbocycles. The SMILES string of the molecule is Cc1nn(C(C)C)c2c1C(=O)CCC2. The molecule has 14 heavy (non-hydrogen) atoms. The van der Waals surface area contributed by atoms with Crippen molar-refractivity contribution >= 4 is 5.78 Å². The van der Waals surface area contributed by atoms with E-state index in [0.29, 0.717) is 12.5 Å². The van der Waals surface area contributed by atoms with Crippen molar-refractivity contribution in [1.82, 2.24) is 9.78 Å². The number of nitrogens with zero attached hydrogens (tertiary/aromatic N) is 2. The van der Waals surface area contributed by atoms with Crippen LogP contribution in [-0.2, 0) is 6.42 Å². The maximum absolute atomic E-state index is 11.7. The van der Waals surface area contributed by atoms with E-state index in [1.807, 2.05) is 11.6 Å². The molecule has 0 aromatic carbocycles. The van der Waals surface area contributed by atoms with Gasteiger partial charge in [0.25, 0.3) is 0 Å². The molecular formula is C11H16N2O. The van der Waals surface area contributed by atoms with E-state index in [1.165, 1.54) is 0 Å². The number of carbonyl (C=O) groups is 1. The first-order valence-electron chi connectivity index (χ1n) is 5.22. The largest absolute Gasteiger partial charge is 0.294 e. The molecule has 3 nitrogen and oxygen atoms in total. The fourth-order valence-corrected chi connectivity index (χ4v) is 2.17. The molecule has 0 N–H and O–H groups in total. The first-order chi connectivity index (χ1) is 6.61. The molecule has 1 aromatic rings. The Bertz CT molecular complexity index is 377. The summed E-state index contributed by atoms with van der Waals surface area (Å²) in [5, 5.41) is 4.44. The van der Waals surface area contributed by atoms with E-state index in [0.717, 1.165) is 29.8 Å². The number of fused-ring (bicyclic) bond motifs is 1. The predicted octanol–water partition coefficient (Wildman–Crippen LogP) is 2.29.